The van der Waals surface area contributed by atoms with E-state index < -0.39 is 12.4 Å². The average molecular weight is 410 g/mol. The molecule has 1 atom stereocenters. The maximum Gasteiger partial charge on any atom is 0.573 e. The smallest absolute Gasteiger partial charge is 0.486 e. The number of nitrogens with one attached hydrogen (secondary N) is 1. The molecule has 0 radical (unpaired) electrons. The third kappa shape index (κ3) is 5.54. The molecule has 0 saturated carbocycles. The Kier molecular flexibility index (Phi) is 6.17. The molecule has 1 unspecified atom stereocenters. The highest BCUT2D eigenvalue weighted by molar-refractivity contribution is 5.94. The minimum Gasteiger partial charge on any atom is -0.486 e. The molecule has 0 aromatic heterocycles. The van der Waals surface area contributed by atoms with Crippen LogP contribution in [0.5, 0.6) is 17.2 Å². The summed E-state index contributed by atoms with van der Waals surface area (Å²) < 4.78 is 52.8. The number of halogens is 3. The summed E-state index contributed by atoms with van der Waals surface area (Å²) in [7, 11) is 1.65. The quantitative estimate of drug-likeness (QED) is 0.785. The molecule has 0 bridgehead atoms. The lowest BCUT2D eigenvalue weighted by Crippen LogP contribution is -2.39. The molecule has 1 amide bonds. The van der Waals surface area contributed by atoms with Crippen molar-refractivity contribution < 1.29 is 32.2 Å². The van der Waals surface area contributed by atoms with Crippen LogP contribution in [-0.4, -0.2) is 43.5 Å². The average Bonchev–Trinajstić information content (AvgIpc) is 2.67. The van der Waals surface area contributed by atoms with E-state index >= 15 is 0 Å². The second-order valence-electron chi connectivity index (χ2n) is 6.59. The van der Waals surface area contributed by atoms with Crippen molar-refractivity contribution in [3.8, 4) is 17.2 Å². The van der Waals surface area contributed by atoms with Gasteiger partial charge in [0.15, 0.2) is 11.5 Å². The fourth-order valence-corrected chi connectivity index (χ4v) is 2.83. The highest BCUT2D eigenvalue weighted by atomic mass is 19.4. The molecular weight excluding hydrogens is 389 g/mol. The Morgan fingerprint density at radius 2 is 1.86 bits per heavy atom. The lowest BCUT2D eigenvalue weighted by Gasteiger charge is -2.25. The zero-order chi connectivity index (χ0) is 21.0. The maximum atomic E-state index is 12.6. The van der Waals surface area contributed by atoms with Crippen LogP contribution in [0.1, 0.15) is 12.5 Å². The summed E-state index contributed by atoms with van der Waals surface area (Å²) in [6, 6.07) is 10.3. The van der Waals surface area contributed by atoms with E-state index in [9.17, 15) is 18.0 Å². The summed E-state index contributed by atoms with van der Waals surface area (Å²) in [5.74, 6) is 0.568. The normalized spacial score (nSPS) is 14.4. The van der Waals surface area contributed by atoms with Gasteiger partial charge in [0.25, 0.3) is 0 Å². The van der Waals surface area contributed by atoms with Crippen molar-refractivity contribution in [2.45, 2.75) is 25.9 Å². The summed E-state index contributed by atoms with van der Waals surface area (Å²) >= 11 is 0. The van der Waals surface area contributed by atoms with Gasteiger partial charge in [-0.15, -0.1) is 13.2 Å². The molecule has 9 heteroatoms. The van der Waals surface area contributed by atoms with Crippen LogP contribution in [-0.2, 0) is 11.3 Å². The largest absolute Gasteiger partial charge is 0.573 e. The number of carbonyl (C=O) groups excluding carboxylic acids is 1. The molecule has 0 spiro atoms. The number of para-hydroxylation sites is 1. The van der Waals surface area contributed by atoms with Crippen LogP contribution >= 0.6 is 0 Å². The summed E-state index contributed by atoms with van der Waals surface area (Å²) in [4.78, 5) is 14.2. The van der Waals surface area contributed by atoms with Crippen LogP contribution in [0.2, 0.25) is 0 Å². The Morgan fingerprint density at radius 3 is 2.59 bits per heavy atom. The summed E-state index contributed by atoms with van der Waals surface area (Å²) in [5, 5.41) is 2.78. The molecule has 2 aromatic carbocycles. The first kappa shape index (κ1) is 20.8. The van der Waals surface area contributed by atoms with E-state index in [1.807, 2.05) is 0 Å². The standard InChI is InChI=1S/C20H21F3N2O4/c1-13(19(26)24-15-7-8-17-18(11-15)28-10-9-27-17)25(2)12-14-5-3-4-6-16(14)29-20(21,22)23/h3-8,11,13H,9-10,12H2,1-2H3,(H,24,26). The number of ether oxygens (including phenoxy) is 3. The van der Waals surface area contributed by atoms with Gasteiger partial charge in [0.1, 0.15) is 19.0 Å². The monoisotopic (exact) mass is 410 g/mol. The van der Waals surface area contributed by atoms with Crippen molar-refractivity contribution in [1.82, 2.24) is 4.90 Å². The molecule has 3 rings (SSSR count). The van der Waals surface area contributed by atoms with Gasteiger partial charge in [0.05, 0.1) is 6.04 Å². The zero-order valence-corrected chi connectivity index (χ0v) is 16.0. The summed E-state index contributed by atoms with van der Waals surface area (Å²) in [5.41, 5.74) is 0.867. The second-order valence-corrected chi connectivity index (χ2v) is 6.59. The number of likely N-dealkylation sites (N-methyl/N-ethyl adjacent to an activating group) is 1. The maximum absolute atomic E-state index is 12.6. The zero-order valence-electron chi connectivity index (χ0n) is 16.0. The predicted octanol–water partition coefficient (Wildman–Crippen LogP) is 3.82. The first-order chi connectivity index (χ1) is 13.7. The van der Waals surface area contributed by atoms with E-state index in [1.54, 1.807) is 43.1 Å². The van der Waals surface area contributed by atoms with Crippen molar-refractivity contribution >= 4 is 11.6 Å². The number of nitrogens with zero attached hydrogens (tertiary/aromatic N) is 1. The third-order valence-electron chi connectivity index (χ3n) is 4.47. The van der Waals surface area contributed by atoms with E-state index in [0.29, 0.717) is 36.0 Å². The Labute approximate surface area is 166 Å². The van der Waals surface area contributed by atoms with Gasteiger partial charge in [0.2, 0.25) is 5.91 Å². The number of anilines is 1. The number of rotatable bonds is 6. The van der Waals surface area contributed by atoms with Crippen LogP contribution in [0.25, 0.3) is 0 Å². The minimum absolute atomic E-state index is 0.0992. The van der Waals surface area contributed by atoms with Crippen molar-refractivity contribution in [1.29, 1.82) is 0 Å². The van der Waals surface area contributed by atoms with Crippen molar-refractivity contribution in [3.05, 3.63) is 48.0 Å². The van der Waals surface area contributed by atoms with Crippen LogP contribution in [0.4, 0.5) is 18.9 Å². The van der Waals surface area contributed by atoms with Gasteiger partial charge in [-0.25, -0.2) is 0 Å². The van der Waals surface area contributed by atoms with E-state index in [0.717, 1.165) is 0 Å². The molecule has 0 fully saturated rings. The van der Waals surface area contributed by atoms with Crippen LogP contribution in [0, 0.1) is 0 Å². The first-order valence-corrected chi connectivity index (χ1v) is 8.97. The molecule has 6 nitrogen and oxygen atoms in total. The van der Waals surface area contributed by atoms with E-state index in [2.05, 4.69) is 10.1 Å². The number of hydrogen-bond acceptors (Lipinski definition) is 5. The van der Waals surface area contributed by atoms with Gasteiger partial charge in [-0.2, -0.15) is 0 Å². The SMILES string of the molecule is CC(C(=O)Nc1ccc2c(c1)OCCO2)N(C)Cc1ccccc1OC(F)(F)F. The van der Waals surface area contributed by atoms with Gasteiger partial charge in [0, 0.05) is 23.9 Å². The fraction of sp³-hybridized carbons (Fsp3) is 0.350. The molecule has 156 valence electrons. The summed E-state index contributed by atoms with van der Waals surface area (Å²) in [6.07, 6.45) is -4.78. The first-order valence-electron chi connectivity index (χ1n) is 8.97. The lowest BCUT2D eigenvalue weighted by molar-refractivity contribution is -0.275. The van der Waals surface area contributed by atoms with Gasteiger partial charge in [-0.05, 0) is 32.2 Å². The van der Waals surface area contributed by atoms with E-state index in [1.165, 1.54) is 18.2 Å². The third-order valence-corrected chi connectivity index (χ3v) is 4.47. The Hall–Kier alpha value is -2.94. The van der Waals surface area contributed by atoms with Gasteiger partial charge < -0.3 is 19.5 Å². The van der Waals surface area contributed by atoms with Gasteiger partial charge in [-0.3, -0.25) is 9.69 Å². The fourth-order valence-electron chi connectivity index (χ4n) is 2.83. The van der Waals surface area contributed by atoms with Crippen LogP contribution in [0.15, 0.2) is 42.5 Å². The van der Waals surface area contributed by atoms with Gasteiger partial charge >= 0.3 is 6.36 Å². The molecule has 1 aliphatic rings. The molecule has 2 aromatic rings. The highest BCUT2D eigenvalue weighted by Crippen LogP contribution is 2.33. The Bertz CT molecular complexity index is 873. The predicted molar refractivity (Wildman–Crippen MR) is 100 cm³/mol. The van der Waals surface area contributed by atoms with Crippen molar-refractivity contribution in [2.24, 2.45) is 0 Å². The van der Waals surface area contributed by atoms with Crippen LogP contribution in [0.3, 0.4) is 0 Å². The second kappa shape index (κ2) is 8.60. The number of amides is 1. The number of carbonyl (C=O) groups is 1. The van der Waals surface area contributed by atoms with E-state index in [-0.39, 0.29) is 18.2 Å². The molecular formula is C20H21F3N2O4. The number of fused-ring (bicyclic) bond motifs is 1. The minimum atomic E-state index is -4.78. The molecule has 1 heterocycles. The number of alkyl halides is 3. The van der Waals surface area contributed by atoms with Crippen LogP contribution < -0.4 is 19.5 Å². The van der Waals surface area contributed by atoms with Crippen molar-refractivity contribution in [2.75, 3.05) is 25.6 Å². The Balaban J connectivity index is 1.64. The topological polar surface area (TPSA) is 60.0 Å². The number of hydrogen-bond donors (Lipinski definition) is 1. The Morgan fingerprint density at radius 1 is 1.17 bits per heavy atom. The molecule has 0 saturated heterocycles. The molecule has 1 N–H and O–H groups in total. The molecule has 1 aliphatic heterocycles. The molecule has 29 heavy (non-hydrogen) atoms. The van der Waals surface area contributed by atoms with Gasteiger partial charge in [-0.1, -0.05) is 18.2 Å². The molecule has 0 aliphatic carbocycles. The summed E-state index contributed by atoms with van der Waals surface area (Å²) in [6.45, 7) is 2.67. The highest BCUT2D eigenvalue weighted by Gasteiger charge is 2.32. The van der Waals surface area contributed by atoms with E-state index in [4.69, 9.17) is 9.47 Å². The van der Waals surface area contributed by atoms with Crippen molar-refractivity contribution in [3.63, 3.8) is 0 Å². The number of benzene rings is 2. The lowest BCUT2D eigenvalue weighted by atomic mass is 10.1.